The third-order valence-electron chi connectivity index (χ3n) is 12.0. The number of hydrogen-bond donors (Lipinski definition) is 5. The van der Waals surface area contributed by atoms with Crippen molar-refractivity contribution in [1.82, 2.24) is 31.5 Å². The molecule has 0 radical (unpaired) electrons. The molecule has 3 aromatic carbocycles. The number of carbonyl (C=O) groups is 6. The highest BCUT2D eigenvalue weighted by Crippen LogP contribution is 2.42. The van der Waals surface area contributed by atoms with E-state index in [1.54, 1.807) is 4.90 Å². The first kappa shape index (κ1) is 44.8. The van der Waals surface area contributed by atoms with Crippen LogP contribution in [-0.4, -0.2) is 91.4 Å². The first-order valence-corrected chi connectivity index (χ1v) is 22.3. The number of hydrogen-bond acceptors (Lipinski definition) is 7. The summed E-state index contributed by atoms with van der Waals surface area (Å²) in [6, 6.07) is 25.0. The highest BCUT2D eigenvalue weighted by molar-refractivity contribution is 5.99. The number of carbonyl (C=O) groups excluding carboxylic acids is 6. The van der Waals surface area contributed by atoms with E-state index in [2.05, 4.69) is 64.7 Å². The molecule has 6 amide bonds. The van der Waals surface area contributed by atoms with Crippen LogP contribution in [0.2, 0.25) is 0 Å². The van der Waals surface area contributed by atoms with Crippen LogP contribution in [0.15, 0.2) is 84.9 Å². The second-order valence-electron chi connectivity index (χ2n) is 16.7. The summed E-state index contributed by atoms with van der Waals surface area (Å²) in [6.45, 7) is 4.87. The van der Waals surface area contributed by atoms with E-state index in [0.29, 0.717) is 12.1 Å². The summed E-state index contributed by atoms with van der Waals surface area (Å²) in [7, 11) is 0. The van der Waals surface area contributed by atoms with Crippen LogP contribution in [0.5, 0.6) is 0 Å². The minimum Gasteiger partial charge on any atom is -0.450 e. The van der Waals surface area contributed by atoms with Gasteiger partial charge in [-0.05, 0) is 61.1 Å². The van der Waals surface area contributed by atoms with Gasteiger partial charge in [0.1, 0.15) is 6.04 Å². The molecule has 326 valence electrons. The van der Waals surface area contributed by atoms with E-state index in [9.17, 15) is 28.8 Å². The summed E-state index contributed by atoms with van der Waals surface area (Å²) in [5.74, 6) is -2.77. The van der Waals surface area contributed by atoms with Crippen molar-refractivity contribution in [2.75, 3.05) is 32.8 Å². The Labute approximate surface area is 359 Å². The second kappa shape index (κ2) is 22.2. The summed E-state index contributed by atoms with van der Waals surface area (Å²) in [4.78, 5) is 82.1. The zero-order chi connectivity index (χ0) is 43.1. The summed E-state index contributed by atoms with van der Waals surface area (Å²) < 4.78 is 5.29. The quantitative estimate of drug-likeness (QED) is 0.0793. The van der Waals surface area contributed by atoms with Gasteiger partial charge in [0, 0.05) is 61.2 Å². The van der Waals surface area contributed by atoms with E-state index < -0.39 is 35.8 Å². The van der Waals surface area contributed by atoms with Crippen LogP contribution in [0.1, 0.15) is 122 Å². The number of unbranched alkanes of at least 4 members (excludes halogenated alkanes) is 6. The number of rotatable bonds is 22. The van der Waals surface area contributed by atoms with Crippen LogP contribution in [0.4, 0.5) is 4.79 Å². The number of alkyl carbamates (subject to hydrolysis) is 1. The van der Waals surface area contributed by atoms with Crippen molar-refractivity contribution in [3.05, 3.63) is 107 Å². The van der Waals surface area contributed by atoms with E-state index in [-0.39, 0.29) is 73.4 Å². The molecule has 1 heterocycles. The molecule has 61 heavy (non-hydrogen) atoms. The summed E-state index contributed by atoms with van der Waals surface area (Å²) in [5, 5.41) is 14.5. The first-order chi connectivity index (χ1) is 29.7. The van der Waals surface area contributed by atoms with Crippen molar-refractivity contribution < 1.29 is 33.5 Å². The van der Waals surface area contributed by atoms with E-state index in [1.807, 2.05) is 36.4 Å². The minimum absolute atomic E-state index is 0.0296. The summed E-state index contributed by atoms with van der Waals surface area (Å²) >= 11 is 0. The molecule has 0 unspecified atom stereocenters. The Morgan fingerprint density at radius 1 is 0.639 bits per heavy atom. The lowest BCUT2D eigenvalue weighted by Gasteiger charge is -2.19. The minimum atomic E-state index is -1.06. The monoisotopic (exact) mass is 834 g/mol. The Morgan fingerprint density at radius 3 is 1.70 bits per heavy atom. The topological polar surface area (TPSA) is 175 Å². The molecule has 3 aliphatic rings. The lowest BCUT2D eigenvalue weighted by atomic mass is 9.94. The van der Waals surface area contributed by atoms with Crippen molar-refractivity contribution in [3.8, 4) is 0 Å². The molecule has 0 bridgehead atoms. The molecule has 3 fully saturated rings. The summed E-state index contributed by atoms with van der Waals surface area (Å²) in [6.07, 6.45) is 8.55. The smallest absolute Gasteiger partial charge is 0.407 e. The predicted molar refractivity (Wildman–Crippen MR) is 233 cm³/mol. The number of benzene rings is 3. The van der Waals surface area contributed by atoms with Gasteiger partial charge < -0.3 is 36.2 Å². The van der Waals surface area contributed by atoms with Gasteiger partial charge in [0.25, 0.3) is 11.8 Å². The van der Waals surface area contributed by atoms with Crippen LogP contribution in [-0.2, 0) is 19.1 Å². The maximum absolute atomic E-state index is 13.9. The zero-order valence-corrected chi connectivity index (χ0v) is 35.5. The molecule has 13 heteroatoms. The number of likely N-dealkylation sites (tertiary alicyclic amines) is 1. The van der Waals surface area contributed by atoms with Gasteiger partial charge in [0.2, 0.25) is 17.7 Å². The van der Waals surface area contributed by atoms with Gasteiger partial charge in [0.15, 0.2) is 0 Å². The third kappa shape index (κ3) is 12.9. The normalized spacial score (nSPS) is 21.7. The molecule has 1 aliphatic heterocycles. The van der Waals surface area contributed by atoms with Crippen LogP contribution >= 0.6 is 0 Å². The highest BCUT2D eigenvalue weighted by Gasteiger charge is 2.49. The number of amides is 6. The molecule has 1 saturated heterocycles. The van der Waals surface area contributed by atoms with E-state index in [4.69, 9.17) is 4.74 Å². The van der Waals surface area contributed by atoms with E-state index in [0.717, 1.165) is 75.3 Å². The molecule has 6 rings (SSSR count). The van der Waals surface area contributed by atoms with Crippen LogP contribution < -0.4 is 26.6 Å². The Balaban J connectivity index is 1.06. The number of nitrogens with zero attached hydrogens (tertiary/aromatic N) is 1. The second-order valence-corrected chi connectivity index (χ2v) is 16.7. The fourth-order valence-electron chi connectivity index (χ4n) is 8.14. The van der Waals surface area contributed by atoms with Crippen molar-refractivity contribution in [3.63, 3.8) is 0 Å². The van der Waals surface area contributed by atoms with Crippen LogP contribution in [0.3, 0.4) is 0 Å². The van der Waals surface area contributed by atoms with Crippen LogP contribution in [0, 0.1) is 11.8 Å². The van der Waals surface area contributed by atoms with Crippen molar-refractivity contribution in [2.24, 2.45) is 11.8 Å². The van der Waals surface area contributed by atoms with Crippen molar-refractivity contribution in [1.29, 1.82) is 0 Å². The molecular formula is C48H62N6O7. The maximum Gasteiger partial charge on any atom is 0.407 e. The third-order valence-corrected chi connectivity index (χ3v) is 12.0. The fraction of sp³-hybridized carbons (Fsp3) is 0.500. The van der Waals surface area contributed by atoms with Gasteiger partial charge in [-0.2, -0.15) is 0 Å². The van der Waals surface area contributed by atoms with Gasteiger partial charge in [-0.15, -0.1) is 0 Å². The predicted octanol–water partition coefficient (Wildman–Crippen LogP) is 5.82. The molecule has 2 aliphatic carbocycles. The average Bonchev–Trinajstić information content (AvgIpc) is 4.19. The largest absolute Gasteiger partial charge is 0.450 e. The Kier molecular flexibility index (Phi) is 16.3. The number of nitrogens with one attached hydrogen (secondary N) is 5. The zero-order valence-electron chi connectivity index (χ0n) is 35.5. The molecule has 3 aromatic rings. The van der Waals surface area contributed by atoms with Gasteiger partial charge in [-0.25, -0.2) is 4.79 Å². The molecule has 13 nitrogen and oxygen atoms in total. The molecule has 7 atom stereocenters. The Hall–Kier alpha value is -5.72. The molecular weight excluding hydrogens is 773 g/mol. The molecule has 2 saturated carbocycles. The summed E-state index contributed by atoms with van der Waals surface area (Å²) in [5.41, 5.74) is 2.87. The molecule has 5 N–H and O–H groups in total. The molecule has 0 aromatic heterocycles. The van der Waals surface area contributed by atoms with Gasteiger partial charge in [-0.1, -0.05) is 113 Å². The Morgan fingerprint density at radius 2 is 1.16 bits per heavy atom. The Bertz CT molecular complexity index is 1870. The molecule has 0 spiro atoms. The maximum atomic E-state index is 13.9. The average molecular weight is 835 g/mol. The standard InChI is InChI=1S/C48H62N6O7/c1-3-5-7-15-25-49-46(58)42(53-48(60)61-26-16-8-6-4-2)29-50-43(55)34-21-23-35(24-22-34)47(59)54-30-38(44(56)51-40-27-36(40)32-17-11-9-12-18-32)39(31-54)45(57)52-41-28-37(41)33-19-13-10-14-20-33/h9-14,17-24,36-42H,3-8,15-16,25-31H2,1-2H3,(H,49,58)(H,50,55)(H,51,56)(H,52,57)(H,53,60)/t36-,37-,38-,39-,40+,41+,42+/m1/s1. The fourth-order valence-corrected chi connectivity index (χ4v) is 8.14. The first-order valence-electron chi connectivity index (χ1n) is 22.3. The van der Waals surface area contributed by atoms with E-state index in [1.165, 1.54) is 24.3 Å². The number of ether oxygens (including phenoxy) is 1. The lowest BCUT2D eigenvalue weighted by Crippen LogP contribution is -2.53. The van der Waals surface area contributed by atoms with Crippen molar-refractivity contribution >= 4 is 35.6 Å². The van der Waals surface area contributed by atoms with Gasteiger partial charge in [0.05, 0.1) is 18.4 Å². The van der Waals surface area contributed by atoms with Crippen molar-refractivity contribution in [2.45, 2.75) is 108 Å². The van der Waals surface area contributed by atoms with Gasteiger partial charge >= 0.3 is 6.09 Å². The van der Waals surface area contributed by atoms with Gasteiger partial charge in [-0.3, -0.25) is 24.0 Å². The van der Waals surface area contributed by atoms with E-state index >= 15 is 0 Å². The SMILES string of the molecule is CCCCCCNC(=O)[C@H](CNC(=O)c1ccc(C(=O)N2C[C@@H](C(=O)N[C@H]3C[C@@H]3c3ccccc3)[C@H](C(=O)N[C@H]3C[C@@H]3c3ccccc3)C2)cc1)NC(=O)OCCCCCC. The highest BCUT2D eigenvalue weighted by atomic mass is 16.5. The lowest BCUT2D eigenvalue weighted by molar-refractivity contribution is -0.133. The van der Waals surface area contributed by atoms with Crippen LogP contribution in [0.25, 0.3) is 0 Å².